The Labute approximate surface area is 180 Å². The Balaban J connectivity index is 0.000000323. The molecule has 0 aliphatic carbocycles. The Morgan fingerprint density at radius 1 is 0.875 bits per heavy atom. The molecular weight excluding hydrogens is 478 g/mol. The summed E-state index contributed by atoms with van der Waals surface area (Å²) in [5.41, 5.74) is 4.78. The third kappa shape index (κ3) is 7.24. The van der Waals surface area contributed by atoms with Crippen LogP contribution in [0.4, 0.5) is 20.2 Å². The van der Waals surface area contributed by atoms with Crippen molar-refractivity contribution in [2.45, 2.75) is 23.6 Å². The molecule has 2 rings (SSSR count). The number of non-ortho nitro benzene ring substituents is 1. The molecule has 0 radical (unpaired) electrons. The summed E-state index contributed by atoms with van der Waals surface area (Å²) in [6.45, 7) is 1.97. The molecule has 0 saturated carbocycles. The van der Waals surface area contributed by atoms with E-state index in [4.69, 9.17) is 5.73 Å². The van der Waals surface area contributed by atoms with Gasteiger partial charge in [0.1, 0.15) is 15.6 Å². The van der Waals surface area contributed by atoms with Gasteiger partial charge in [0.2, 0.25) is 11.8 Å². The molecule has 0 spiro atoms. The molecule has 0 aliphatic rings. The summed E-state index contributed by atoms with van der Waals surface area (Å²) in [6.07, 6.45) is 0. The standard InChI is InChI=1S/C8H7FN2O5S.C8H9FN2O3S/c1-5(12)10-17(15,16)8-3-2-6(11(13)14)4-7(8)9;1-5(12)11-15(13,14)8-3-2-6(10)4-7(8)9/h2-4H,1H3,(H,10,12);2-4H,10H2,1H3,(H,11,12). The number of hydrogen-bond donors (Lipinski definition) is 3. The predicted octanol–water partition coefficient (Wildman–Crippen LogP) is 0.791. The number of rotatable bonds is 5. The highest BCUT2D eigenvalue weighted by Crippen LogP contribution is 2.20. The summed E-state index contributed by atoms with van der Waals surface area (Å²) < 4.78 is 75.2. The topological polar surface area (TPSA) is 196 Å². The van der Waals surface area contributed by atoms with Gasteiger partial charge in [-0.3, -0.25) is 19.7 Å². The summed E-state index contributed by atoms with van der Waals surface area (Å²) in [6, 6.07) is 5.12. The quantitative estimate of drug-likeness (QED) is 0.306. The lowest BCUT2D eigenvalue weighted by atomic mass is 10.3. The average Bonchev–Trinajstić information content (AvgIpc) is 2.59. The van der Waals surface area contributed by atoms with E-state index in [-0.39, 0.29) is 5.69 Å². The van der Waals surface area contributed by atoms with Gasteiger partial charge < -0.3 is 5.73 Å². The maximum Gasteiger partial charge on any atom is 0.272 e. The molecule has 174 valence electrons. The van der Waals surface area contributed by atoms with E-state index in [0.717, 1.165) is 38.1 Å². The smallest absolute Gasteiger partial charge is 0.272 e. The lowest BCUT2D eigenvalue weighted by Gasteiger charge is -2.05. The Hall–Kier alpha value is -3.66. The third-order valence-corrected chi connectivity index (χ3v) is 6.15. The van der Waals surface area contributed by atoms with Crippen molar-refractivity contribution in [3.05, 3.63) is 58.1 Å². The highest BCUT2D eigenvalue weighted by molar-refractivity contribution is 7.90. The van der Waals surface area contributed by atoms with Crippen molar-refractivity contribution in [3.63, 3.8) is 0 Å². The number of sulfonamides is 2. The largest absolute Gasteiger partial charge is 0.399 e. The monoisotopic (exact) mass is 494 g/mol. The van der Waals surface area contributed by atoms with Crippen LogP contribution in [0.25, 0.3) is 0 Å². The molecular formula is C16H16F2N4O8S2. The van der Waals surface area contributed by atoms with Gasteiger partial charge in [0.05, 0.1) is 11.0 Å². The fourth-order valence-electron chi connectivity index (χ4n) is 2.04. The molecule has 2 amide bonds. The van der Waals surface area contributed by atoms with Crippen molar-refractivity contribution < 1.29 is 40.1 Å². The van der Waals surface area contributed by atoms with Gasteiger partial charge in [-0.05, 0) is 24.3 Å². The number of carbonyl (C=O) groups is 2. The molecule has 0 bridgehead atoms. The van der Waals surface area contributed by atoms with Crippen molar-refractivity contribution >= 4 is 43.2 Å². The van der Waals surface area contributed by atoms with Gasteiger partial charge in [0.25, 0.3) is 25.7 Å². The van der Waals surface area contributed by atoms with Gasteiger partial charge in [-0.15, -0.1) is 0 Å². The minimum Gasteiger partial charge on any atom is -0.399 e. The van der Waals surface area contributed by atoms with Gasteiger partial charge in [0, 0.05) is 25.6 Å². The number of nitro groups is 1. The first-order valence-electron chi connectivity index (χ1n) is 8.12. The Bertz CT molecular complexity index is 1280. The highest BCUT2D eigenvalue weighted by Gasteiger charge is 2.22. The fourth-order valence-corrected chi connectivity index (χ4v) is 4.15. The summed E-state index contributed by atoms with van der Waals surface area (Å²) in [5, 5.41) is 10.3. The van der Waals surface area contributed by atoms with Gasteiger partial charge in [-0.2, -0.15) is 0 Å². The first kappa shape index (κ1) is 26.4. The maximum absolute atomic E-state index is 13.3. The molecule has 12 nitrogen and oxygen atoms in total. The number of nitro benzene ring substituents is 1. The van der Waals surface area contributed by atoms with Crippen molar-refractivity contribution in [1.82, 2.24) is 9.44 Å². The van der Waals surface area contributed by atoms with Crippen molar-refractivity contribution in [3.8, 4) is 0 Å². The van der Waals surface area contributed by atoms with Crippen molar-refractivity contribution in [1.29, 1.82) is 0 Å². The molecule has 0 unspecified atom stereocenters. The van der Waals surface area contributed by atoms with Crippen molar-refractivity contribution in [2.24, 2.45) is 0 Å². The molecule has 0 heterocycles. The molecule has 2 aromatic carbocycles. The molecule has 16 heteroatoms. The number of carbonyl (C=O) groups excluding carboxylic acids is 2. The van der Waals surface area contributed by atoms with Gasteiger partial charge >= 0.3 is 0 Å². The first-order valence-corrected chi connectivity index (χ1v) is 11.1. The van der Waals surface area contributed by atoms with E-state index in [0.29, 0.717) is 6.07 Å². The number of halogens is 2. The van der Waals surface area contributed by atoms with Gasteiger partial charge in [0.15, 0.2) is 5.82 Å². The average molecular weight is 494 g/mol. The summed E-state index contributed by atoms with van der Waals surface area (Å²) in [4.78, 5) is 29.2. The fraction of sp³-hybridized carbons (Fsp3) is 0.125. The number of nitrogens with one attached hydrogen (secondary N) is 2. The number of hydrogen-bond acceptors (Lipinski definition) is 9. The molecule has 32 heavy (non-hydrogen) atoms. The minimum atomic E-state index is -4.33. The maximum atomic E-state index is 13.3. The molecule has 4 N–H and O–H groups in total. The SMILES string of the molecule is CC(=O)NS(=O)(=O)c1ccc(N)cc1F.CC(=O)NS(=O)(=O)c1ccc([N+](=O)[O-])cc1F. The third-order valence-electron chi connectivity index (χ3n) is 3.22. The molecule has 0 fully saturated rings. The highest BCUT2D eigenvalue weighted by atomic mass is 32.2. The van der Waals surface area contributed by atoms with Crippen LogP contribution in [0.1, 0.15) is 13.8 Å². The van der Waals surface area contributed by atoms with Crippen LogP contribution >= 0.6 is 0 Å². The Kier molecular flexibility index (Phi) is 8.32. The lowest BCUT2D eigenvalue weighted by molar-refractivity contribution is -0.385. The van der Waals surface area contributed by atoms with E-state index >= 15 is 0 Å². The number of nitrogens with zero attached hydrogens (tertiary/aromatic N) is 1. The van der Waals surface area contributed by atoms with Crippen molar-refractivity contribution in [2.75, 3.05) is 5.73 Å². The summed E-state index contributed by atoms with van der Waals surface area (Å²) >= 11 is 0. The number of amides is 2. The second-order valence-corrected chi connectivity index (χ2v) is 9.19. The molecule has 0 aliphatic heterocycles. The molecule has 0 aromatic heterocycles. The molecule has 0 atom stereocenters. The van der Waals surface area contributed by atoms with E-state index in [1.54, 1.807) is 9.44 Å². The van der Waals surface area contributed by atoms with Crippen LogP contribution in [-0.4, -0.2) is 33.6 Å². The predicted molar refractivity (Wildman–Crippen MR) is 106 cm³/mol. The number of benzene rings is 2. The first-order chi connectivity index (χ1) is 14.6. The zero-order chi connectivity index (χ0) is 24.9. The van der Waals surface area contributed by atoms with Crippen LogP contribution in [0.5, 0.6) is 0 Å². The molecule has 2 aromatic rings. The Morgan fingerprint density at radius 2 is 1.28 bits per heavy atom. The zero-order valence-electron chi connectivity index (χ0n) is 16.3. The zero-order valence-corrected chi connectivity index (χ0v) is 18.0. The molecule has 0 saturated heterocycles. The Morgan fingerprint density at radius 3 is 1.62 bits per heavy atom. The number of nitrogen functional groups attached to an aromatic ring is 1. The van der Waals surface area contributed by atoms with Gasteiger partial charge in [-0.1, -0.05) is 0 Å². The van der Waals surface area contributed by atoms with Crippen LogP contribution in [0.2, 0.25) is 0 Å². The summed E-state index contributed by atoms with van der Waals surface area (Å²) in [5.74, 6) is -3.97. The van der Waals surface area contributed by atoms with Crippen LogP contribution in [0.3, 0.4) is 0 Å². The lowest BCUT2D eigenvalue weighted by Crippen LogP contribution is -2.28. The second-order valence-electron chi connectivity index (χ2n) is 5.89. The second kappa shape index (κ2) is 10.1. The van der Waals surface area contributed by atoms with Crippen LogP contribution in [0, 0.1) is 21.7 Å². The summed E-state index contributed by atoms with van der Waals surface area (Å²) in [7, 11) is -8.47. The van der Waals surface area contributed by atoms with E-state index < -0.39 is 63.9 Å². The van der Waals surface area contributed by atoms with E-state index in [1.165, 1.54) is 6.07 Å². The minimum absolute atomic E-state index is 0.106. The van der Waals surface area contributed by atoms with Crippen LogP contribution in [-0.2, 0) is 29.6 Å². The number of nitrogens with two attached hydrogens (primary N) is 1. The van der Waals surface area contributed by atoms with Crippen LogP contribution in [0.15, 0.2) is 46.2 Å². The normalized spacial score (nSPS) is 11.0. The number of anilines is 1. The van der Waals surface area contributed by atoms with Gasteiger partial charge in [-0.25, -0.2) is 35.1 Å². The van der Waals surface area contributed by atoms with E-state index in [2.05, 4.69) is 0 Å². The van der Waals surface area contributed by atoms with E-state index in [1.807, 2.05) is 0 Å². The van der Waals surface area contributed by atoms with Crippen LogP contribution < -0.4 is 15.2 Å². The van der Waals surface area contributed by atoms with E-state index in [9.17, 15) is 45.3 Å².